The highest BCUT2D eigenvalue weighted by molar-refractivity contribution is 7.89. The summed E-state index contributed by atoms with van der Waals surface area (Å²) < 4.78 is 53.3. The molecule has 0 spiro atoms. The molecule has 0 aromatic heterocycles. The van der Waals surface area contributed by atoms with Crippen LogP contribution < -0.4 is 5.32 Å². The zero-order valence-corrected chi connectivity index (χ0v) is 15.8. The molecule has 1 fully saturated rings. The lowest BCUT2D eigenvalue weighted by Crippen LogP contribution is -2.35. The van der Waals surface area contributed by atoms with Crippen molar-refractivity contribution in [2.45, 2.75) is 24.2 Å². The third-order valence-corrected chi connectivity index (χ3v) is 6.68. The van der Waals surface area contributed by atoms with E-state index in [1.54, 1.807) is 0 Å². The van der Waals surface area contributed by atoms with Crippen molar-refractivity contribution in [2.75, 3.05) is 18.4 Å². The summed E-state index contributed by atoms with van der Waals surface area (Å²) in [6.45, 7) is 0.813. The molecular formula is C18H17ClF2N2O3S. The van der Waals surface area contributed by atoms with Crippen molar-refractivity contribution in [3.8, 4) is 0 Å². The van der Waals surface area contributed by atoms with Gasteiger partial charge >= 0.3 is 0 Å². The molecule has 2 aromatic carbocycles. The molecule has 0 saturated carbocycles. The van der Waals surface area contributed by atoms with E-state index in [-0.39, 0.29) is 21.2 Å². The normalized spacial score (nSPS) is 15.5. The second kappa shape index (κ2) is 7.92. The van der Waals surface area contributed by atoms with Crippen LogP contribution in [0.4, 0.5) is 14.5 Å². The van der Waals surface area contributed by atoms with Crippen LogP contribution in [-0.4, -0.2) is 31.7 Å². The molecule has 1 amide bonds. The topological polar surface area (TPSA) is 66.5 Å². The Balaban J connectivity index is 1.88. The maximum absolute atomic E-state index is 13.3. The smallest absolute Gasteiger partial charge is 0.255 e. The fourth-order valence-corrected chi connectivity index (χ4v) is 4.88. The average Bonchev–Trinajstić information content (AvgIpc) is 2.65. The largest absolute Gasteiger partial charge is 0.322 e. The van der Waals surface area contributed by atoms with E-state index in [0.717, 1.165) is 31.4 Å². The number of nitrogens with one attached hydrogen (secondary N) is 1. The predicted molar refractivity (Wildman–Crippen MR) is 98.4 cm³/mol. The quantitative estimate of drug-likeness (QED) is 0.820. The Kier molecular flexibility index (Phi) is 5.78. The van der Waals surface area contributed by atoms with Crippen LogP contribution in [0, 0.1) is 11.6 Å². The van der Waals surface area contributed by atoms with Crippen LogP contribution in [0.5, 0.6) is 0 Å². The van der Waals surface area contributed by atoms with Crippen LogP contribution in [0.3, 0.4) is 0 Å². The summed E-state index contributed by atoms with van der Waals surface area (Å²) in [5, 5.41) is 2.43. The summed E-state index contributed by atoms with van der Waals surface area (Å²) in [4.78, 5) is 12.2. The minimum absolute atomic E-state index is 0.0185. The molecule has 9 heteroatoms. The standard InChI is InChI=1S/C18H17ClF2N2O3S/c19-14-6-4-12(18(24)22-13-5-7-15(20)16(21)11-13)10-17(14)27(25,26)23-8-2-1-3-9-23/h4-7,10-11H,1-3,8-9H2,(H,22,24). The van der Waals surface area contributed by atoms with Gasteiger partial charge in [0.2, 0.25) is 10.0 Å². The van der Waals surface area contributed by atoms with Gasteiger partial charge in [-0.1, -0.05) is 18.0 Å². The highest BCUT2D eigenvalue weighted by Gasteiger charge is 2.28. The Morgan fingerprint density at radius 2 is 1.70 bits per heavy atom. The molecule has 2 aromatic rings. The second-order valence-electron chi connectivity index (χ2n) is 6.19. The lowest BCUT2D eigenvalue weighted by Gasteiger charge is -2.26. The van der Waals surface area contributed by atoms with Crippen molar-refractivity contribution in [1.82, 2.24) is 4.31 Å². The number of sulfonamides is 1. The summed E-state index contributed by atoms with van der Waals surface area (Å²) in [6, 6.07) is 6.83. The van der Waals surface area contributed by atoms with Gasteiger partial charge in [-0.3, -0.25) is 4.79 Å². The van der Waals surface area contributed by atoms with Crippen molar-refractivity contribution >= 4 is 33.2 Å². The van der Waals surface area contributed by atoms with Crippen molar-refractivity contribution in [2.24, 2.45) is 0 Å². The number of hydrogen-bond donors (Lipinski definition) is 1. The molecule has 3 rings (SSSR count). The van der Waals surface area contributed by atoms with E-state index in [2.05, 4.69) is 5.32 Å². The molecule has 5 nitrogen and oxygen atoms in total. The Bertz CT molecular complexity index is 977. The monoisotopic (exact) mass is 414 g/mol. The van der Waals surface area contributed by atoms with Gasteiger partial charge in [0, 0.05) is 30.4 Å². The van der Waals surface area contributed by atoms with Crippen LogP contribution in [-0.2, 0) is 10.0 Å². The van der Waals surface area contributed by atoms with Gasteiger partial charge in [-0.15, -0.1) is 0 Å². The maximum Gasteiger partial charge on any atom is 0.255 e. The number of hydrogen-bond acceptors (Lipinski definition) is 3. The van der Waals surface area contributed by atoms with Crippen molar-refractivity contribution < 1.29 is 22.0 Å². The molecule has 1 aliphatic heterocycles. The van der Waals surface area contributed by atoms with Gasteiger partial charge < -0.3 is 5.32 Å². The van der Waals surface area contributed by atoms with E-state index < -0.39 is 27.6 Å². The van der Waals surface area contributed by atoms with E-state index in [9.17, 15) is 22.0 Å². The Labute approximate surface area is 161 Å². The van der Waals surface area contributed by atoms with Crippen LogP contribution in [0.15, 0.2) is 41.3 Å². The Morgan fingerprint density at radius 1 is 1.00 bits per heavy atom. The molecular weight excluding hydrogens is 398 g/mol. The molecule has 1 heterocycles. The minimum Gasteiger partial charge on any atom is -0.322 e. The number of carbonyl (C=O) groups excluding carboxylic acids is 1. The number of anilines is 1. The Morgan fingerprint density at radius 3 is 2.37 bits per heavy atom. The van der Waals surface area contributed by atoms with E-state index in [1.165, 1.54) is 28.6 Å². The molecule has 1 N–H and O–H groups in total. The predicted octanol–water partition coefficient (Wildman–Crippen LogP) is 4.05. The SMILES string of the molecule is O=C(Nc1ccc(F)c(F)c1)c1ccc(Cl)c(S(=O)(=O)N2CCCCC2)c1. The number of benzene rings is 2. The molecule has 0 bridgehead atoms. The molecule has 144 valence electrons. The fraction of sp³-hybridized carbons (Fsp3) is 0.278. The molecule has 0 aliphatic carbocycles. The van der Waals surface area contributed by atoms with E-state index in [4.69, 9.17) is 11.6 Å². The second-order valence-corrected chi connectivity index (χ2v) is 8.51. The highest BCUT2D eigenvalue weighted by Crippen LogP contribution is 2.28. The summed E-state index contributed by atoms with van der Waals surface area (Å²) >= 11 is 6.07. The van der Waals surface area contributed by atoms with Gasteiger partial charge in [-0.05, 0) is 43.2 Å². The number of halogens is 3. The zero-order valence-electron chi connectivity index (χ0n) is 14.2. The fourth-order valence-electron chi connectivity index (χ4n) is 2.86. The van der Waals surface area contributed by atoms with E-state index in [1.807, 2.05) is 0 Å². The zero-order chi connectivity index (χ0) is 19.6. The third-order valence-electron chi connectivity index (χ3n) is 4.30. The number of piperidine rings is 1. The van der Waals surface area contributed by atoms with Gasteiger partial charge in [0.25, 0.3) is 5.91 Å². The van der Waals surface area contributed by atoms with Crippen molar-refractivity contribution in [3.05, 3.63) is 58.6 Å². The maximum atomic E-state index is 13.3. The van der Waals surface area contributed by atoms with Gasteiger partial charge in [-0.2, -0.15) is 4.31 Å². The molecule has 0 unspecified atom stereocenters. The first-order chi connectivity index (χ1) is 12.8. The number of rotatable bonds is 4. The van der Waals surface area contributed by atoms with Crippen LogP contribution in [0.2, 0.25) is 5.02 Å². The van der Waals surface area contributed by atoms with Gasteiger partial charge in [0.1, 0.15) is 4.90 Å². The first-order valence-electron chi connectivity index (χ1n) is 8.35. The molecule has 0 atom stereocenters. The number of carbonyl (C=O) groups is 1. The highest BCUT2D eigenvalue weighted by atomic mass is 35.5. The molecule has 27 heavy (non-hydrogen) atoms. The summed E-state index contributed by atoms with van der Waals surface area (Å²) in [6.07, 6.45) is 2.51. The van der Waals surface area contributed by atoms with Gasteiger partial charge in [0.15, 0.2) is 11.6 Å². The number of nitrogens with zero attached hydrogens (tertiary/aromatic N) is 1. The Hall–Kier alpha value is -2.03. The summed E-state index contributed by atoms with van der Waals surface area (Å²) in [5.74, 6) is -2.79. The molecule has 1 saturated heterocycles. The number of amides is 1. The molecule has 1 aliphatic rings. The van der Waals surface area contributed by atoms with Crippen LogP contribution in [0.25, 0.3) is 0 Å². The minimum atomic E-state index is -3.82. The molecule has 0 radical (unpaired) electrons. The van der Waals surface area contributed by atoms with Gasteiger partial charge in [0.05, 0.1) is 5.02 Å². The van der Waals surface area contributed by atoms with E-state index >= 15 is 0 Å². The summed E-state index contributed by atoms with van der Waals surface area (Å²) in [5.41, 5.74) is 0.0917. The lowest BCUT2D eigenvalue weighted by molar-refractivity contribution is 0.102. The summed E-state index contributed by atoms with van der Waals surface area (Å²) in [7, 11) is -3.82. The van der Waals surface area contributed by atoms with E-state index in [0.29, 0.717) is 13.1 Å². The van der Waals surface area contributed by atoms with Crippen molar-refractivity contribution in [1.29, 1.82) is 0 Å². The average molecular weight is 415 g/mol. The first-order valence-corrected chi connectivity index (χ1v) is 10.2. The van der Waals surface area contributed by atoms with Gasteiger partial charge in [-0.25, -0.2) is 17.2 Å². The van der Waals surface area contributed by atoms with Crippen LogP contribution >= 0.6 is 11.6 Å². The first kappa shape index (κ1) is 19.7. The lowest BCUT2D eigenvalue weighted by atomic mass is 10.2. The van der Waals surface area contributed by atoms with Crippen LogP contribution in [0.1, 0.15) is 29.6 Å². The third kappa shape index (κ3) is 4.28. The van der Waals surface area contributed by atoms with Crippen molar-refractivity contribution in [3.63, 3.8) is 0 Å².